The highest BCUT2D eigenvalue weighted by atomic mass is 16.1. The second-order valence-corrected chi connectivity index (χ2v) is 7.24. The molecule has 1 aliphatic heterocycles. The molecular formula is C20H27N5O. The zero-order valence-corrected chi connectivity index (χ0v) is 15.7. The van der Waals surface area contributed by atoms with Gasteiger partial charge < -0.3 is 15.5 Å². The number of nitrogens with one attached hydrogen (secondary N) is 2. The minimum atomic E-state index is -0.237. The van der Waals surface area contributed by atoms with Crippen LogP contribution in [0.1, 0.15) is 44.1 Å². The highest BCUT2D eigenvalue weighted by molar-refractivity contribution is 6.03. The van der Waals surface area contributed by atoms with Crippen LogP contribution in [0.5, 0.6) is 0 Å². The van der Waals surface area contributed by atoms with Crippen molar-refractivity contribution in [3.63, 3.8) is 0 Å². The summed E-state index contributed by atoms with van der Waals surface area (Å²) in [6.07, 6.45) is 4.06. The number of aromatic nitrogens is 2. The molecule has 3 rings (SSSR count). The molecule has 0 atom stereocenters. The molecule has 6 nitrogen and oxygen atoms in total. The number of rotatable bonds is 5. The molecule has 0 aliphatic carbocycles. The summed E-state index contributed by atoms with van der Waals surface area (Å²) in [7, 11) is 0. The number of benzene rings is 1. The third kappa shape index (κ3) is 4.71. The molecule has 0 unspecified atom stereocenters. The van der Waals surface area contributed by atoms with Crippen molar-refractivity contribution in [2.75, 3.05) is 28.6 Å². The van der Waals surface area contributed by atoms with Crippen LogP contribution < -0.4 is 15.5 Å². The smallest absolute Gasteiger partial charge is 0.274 e. The lowest BCUT2D eigenvalue weighted by Gasteiger charge is -2.32. The Morgan fingerprint density at radius 3 is 2.50 bits per heavy atom. The van der Waals surface area contributed by atoms with Gasteiger partial charge in [0.15, 0.2) is 0 Å². The summed E-state index contributed by atoms with van der Waals surface area (Å²) in [6, 6.07) is 9.84. The number of carbonyl (C=O) groups excluding carboxylic acids is 1. The molecule has 0 spiro atoms. The molecule has 2 N–H and O–H groups in total. The average molecular weight is 353 g/mol. The van der Waals surface area contributed by atoms with Crippen LogP contribution >= 0.6 is 0 Å². The largest absolute Gasteiger partial charge is 0.372 e. The maximum atomic E-state index is 12.4. The summed E-state index contributed by atoms with van der Waals surface area (Å²) in [5.74, 6) is 1.04. The van der Waals surface area contributed by atoms with Gasteiger partial charge in [-0.25, -0.2) is 9.97 Å². The molecule has 1 fully saturated rings. The summed E-state index contributed by atoms with van der Waals surface area (Å²) < 4.78 is 0. The van der Waals surface area contributed by atoms with E-state index in [-0.39, 0.29) is 11.9 Å². The van der Waals surface area contributed by atoms with Crippen LogP contribution in [-0.2, 0) is 0 Å². The average Bonchev–Trinajstić information content (AvgIpc) is 2.63. The monoisotopic (exact) mass is 353 g/mol. The van der Waals surface area contributed by atoms with E-state index in [1.165, 1.54) is 18.5 Å². The van der Waals surface area contributed by atoms with Gasteiger partial charge in [0.05, 0.1) is 0 Å². The van der Waals surface area contributed by atoms with Gasteiger partial charge >= 0.3 is 0 Å². The molecule has 26 heavy (non-hydrogen) atoms. The van der Waals surface area contributed by atoms with Crippen molar-refractivity contribution in [1.29, 1.82) is 0 Å². The Morgan fingerprint density at radius 1 is 1.15 bits per heavy atom. The van der Waals surface area contributed by atoms with Gasteiger partial charge in [-0.3, -0.25) is 4.79 Å². The fraction of sp³-hybridized carbons (Fsp3) is 0.450. The first kappa shape index (κ1) is 18.2. The number of piperidine rings is 1. The lowest BCUT2D eigenvalue weighted by atomic mass is 9.99. The molecule has 1 aromatic carbocycles. The standard InChI is InChI=1S/C20H27N5O/c1-14(2)22-20-21-11-8-18(24-20)19(26)23-16-4-6-17(7-5-16)25-12-9-15(3)10-13-25/h4-8,11,14-15H,9-10,12-13H2,1-3H3,(H,23,26)(H,21,22,24). The van der Waals surface area contributed by atoms with E-state index in [9.17, 15) is 4.79 Å². The molecule has 6 heteroatoms. The number of carbonyl (C=O) groups is 1. The van der Waals surface area contributed by atoms with E-state index >= 15 is 0 Å². The Hall–Kier alpha value is -2.63. The quantitative estimate of drug-likeness (QED) is 0.856. The Morgan fingerprint density at radius 2 is 1.85 bits per heavy atom. The molecule has 0 radical (unpaired) electrons. The van der Waals surface area contributed by atoms with E-state index in [0.717, 1.165) is 24.7 Å². The fourth-order valence-corrected chi connectivity index (χ4v) is 3.03. The van der Waals surface area contributed by atoms with Crippen molar-refractivity contribution in [3.8, 4) is 0 Å². The zero-order chi connectivity index (χ0) is 18.5. The first-order valence-electron chi connectivity index (χ1n) is 9.27. The van der Waals surface area contributed by atoms with Crippen LogP contribution in [0, 0.1) is 5.92 Å². The maximum absolute atomic E-state index is 12.4. The minimum absolute atomic E-state index is 0.207. The predicted molar refractivity (Wildman–Crippen MR) is 106 cm³/mol. The van der Waals surface area contributed by atoms with Crippen LogP contribution in [0.3, 0.4) is 0 Å². The Balaban J connectivity index is 1.63. The summed E-state index contributed by atoms with van der Waals surface area (Å²) in [6.45, 7) is 8.51. The minimum Gasteiger partial charge on any atom is -0.372 e. The highest BCUT2D eigenvalue weighted by Gasteiger charge is 2.16. The van der Waals surface area contributed by atoms with Crippen LogP contribution in [0.15, 0.2) is 36.5 Å². The molecule has 138 valence electrons. The Kier molecular flexibility index (Phi) is 5.71. The lowest BCUT2D eigenvalue weighted by Crippen LogP contribution is -2.32. The predicted octanol–water partition coefficient (Wildman–Crippen LogP) is 3.79. The van der Waals surface area contributed by atoms with Gasteiger partial charge in [-0.1, -0.05) is 6.92 Å². The van der Waals surface area contributed by atoms with Crippen LogP contribution in [0.2, 0.25) is 0 Å². The topological polar surface area (TPSA) is 70.2 Å². The summed E-state index contributed by atoms with van der Waals surface area (Å²) in [5.41, 5.74) is 2.32. The van der Waals surface area contributed by atoms with E-state index in [0.29, 0.717) is 11.6 Å². The molecule has 0 bridgehead atoms. The van der Waals surface area contributed by atoms with Gasteiger partial charge in [-0.05, 0) is 62.9 Å². The van der Waals surface area contributed by atoms with Gasteiger partial charge in [0, 0.05) is 36.7 Å². The Labute approximate surface area is 155 Å². The number of amides is 1. The van der Waals surface area contributed by atoms with Crippen molar-refractivity contribution in [1.82, 2.24) is 9.97 Å². The van der Waals surface area contributed by atoms with Gasteiger partial charge in [0.25, 0.3) is 5.91 Å². The molecule has 2 heterocycles. The third-order valence-corrected chi connectivity index (χ3v) is 4.58. The van der Waals surface area contributed by atoms with E-state index in [2.05, 4.69) is 44.6 Å². The molecule has 0 saturated carbocycles. The first-order chi connectivity index (χ1) is 12.5. The van der Waals surface area contributed by atoms with Crippen molar-refractivity contribution >= 4 is 23.2 Å². The van der Waals surface area contributed by atoms with Crippen LogP contribution in [0.25, 0.3) is 0 Å². The summed E-state index contributed by atoms with van der Waals surface area (Å²) in [4.78, 5) is 23.2. The van der Waals surface area contributed by atoms with E-state index in [4.69, 9.17) is 0 Å². The molecule has 1 aromatic heterocycles. The maximum Gasteiger partial charge on any atom is 0.274 e. The van der Waals surface area contributed by atoms with Crippen molar-refractivity contribution in [2.45, 2.75) is 39.7 Å². The van der Waals surface area contributed by atoms with Gasteiger partial charge in [0.1, 0.15) is 5.69 Å². The van der Waals surface area contributed by atoms with E-state index in [1.807, 2.05) is 26.0 Å². The zero-order valence-electron chi connectivity index (χ0n) is 15.7. The number of nitrogens with zero attached hydrogens (tertiary/aromatic N) is 3. The molecule has 1 amide bonds. The van der Waals surface area contributed by atoms with Crippen molar-refractivity contribution in [3.05, 3.63) is 42.2 Å². The van der Waals surface area contributed by atoms with Crippen molar-refractivity contribution in [2.24, 2.45) is 5.92 Å². The highest BCUT2D eigenvalue weighted by Crippen LogP contribution is 2.24. The lowest BCUT2D eigenvalue weighted by molar-refractivity contribution is 0.102. The molecule has 1 aliphatic rings. The van der Waals surface area contributed by atoms with Gasteiger partial charge in [0.2, 0.25) is 5.95 Å². The second kappa shape index (κ2) is 8.17. The van der Waals surface area contributed by atoms with Crippen LogP contribution in [-0.4, -0.2) is 35.0 Å². The molecule has 2 aromatic rings. The van der Waals surface area contributed by atoms with E-state index in [1.54, 1.807) is 12.3 Å². The normalized spacial score (nSPS) is 15.2. The summed E-state index contributed by atoms with van der Waals surface area (Å²) >= 11 is 0. The fourth-order valence-electron chi connectivity index (χ4n) is 3.03. The number of hydrogen-bond acceptors (Lipinski definition) is 5. The number of hydrogen-bond donors (Lipinski definition) is 2. The SMILES string of the molecule is CC1CCN(c2ccc(NC(=O)c3ccnc(NC(C)C)n3)cc2)CC1. The third-order valence-electron chi connectivity index (χ3n) is 4.58. The van der Waals surface area contributed by atoms with E-state index < -0.39 is 0 Å². The molecular weight excluding hydrogens is 326 g/mol. The van der Waals surface area contributed by atoms with Crippen molar-refractivity contribution < 1.29 is 4.79 Å². The second-order valence-electron chi connectivity index (χ2n) is 7.24. The molecule has 1 saturated heterocycles. The van der Waals surface area contributed by atoms with Crippen LogP contribution in [0.4, 0.5) is 17.3 Å². The Bertz CT molecular complexity index is 736. The van der Waals surface area contributed by atoms with Gasteiger partial charge in [-0.15, -0.1) is 0 Å². The first-order valence-corrected chi connectivity index (χ1v) is 9.27. The summed E-state index contributed by atoms with van der Waals surface area (Å²) in [5, 5.41) is 6.00. The van der Waals surface area contributed by atoms with Gasteiger partial charge in [-0.2, -0.15) is 0 Å². The number of anilines is 3.